The van der Waals surface area contributed by atoms with Crippen LogP contribution in [0.4, 0.5) is 0 Å². The Morgan fingerprint density at radius 2 is 2.06 bits per heavy atom. The van der Waals surface area contributed by atoms with Crippen molar-refractivity contribution in [3.05, 3.63) is 0 Å². The standard InChI is InChI=1S/C13H23NO3/c1-3-10(2)7-11(15)14-9-13(5-4-6-13)8-12(16)17/h10H,3-9H2,1-2H3,(H,14,15)(H,16,17). The molecule has 0 radical (unpaired) electrons. The zero-order valence-corrected chi connectivity index (χ0v) is 10.8. The summed E-state index contributed by atoms with van der Waals surface area (Å²) in [5.74, 6) is -0.316. The topological polar surface area (TPSA) is 66.4 Å². The van der Waals surface area contributed by atoms with Crippen molar-refractivity contribution in [1.82, 2.24) is 5.32 Å². The summed E-state index contributed by atoms with van der Waals surface area (Å²) in [5, 5.41) is 11.7. The molecule has 17 heavy (non-hydrogen) atoms. The molecule has 0 aliphatic heterocycles. The van der Waals surface area contributed by atoms with Gasteiger partial charge in [0.05, 0.1) is 6.42 Å². The third kappa shape index (κ3) is 4.36. The van der Waals surface area contributed by atoms with Gasteiger partial charge in [0.15, 0.2) is 0 Å². The molecule has 1 atom stereocenters. The first kappa shape index (κ1) is 14.0. The number of carbonyl (C=O) groups excluding carboxylic acids is 1. The van der Waals surface area contributed by atoms with Gasteiger partial charge in [0.25, 0.3) is 0 Å². The molecule has 1 saturated carbocycles. The molecule has 0 aromatic carbocycles. The molecule has 98 valence electrons. The molecule has 0 heterocycles. The molecule has 0 aromatic heterocycles. The molecule has 1 rings (SSSR count). The van der Waals surface area contributed by atoms with Crippen LogP contribution < -0.4 is 5.32 Å². The van der Waals surface area contributed by atoms with Crippen molar-refractivity contribution >= 4 is 11.9 Å². The first-order valence-electron chi connectivity index (χ1n) is 6.46. The van der Waals surface area contributed by atoms with E-state index in [1.54, 1.807) is 0 Å². The van der Waals surface area contributed by atoms with Crippen LogP contribution in [0.1, 0.15) is 52.4 Å². The van der Waals surface area contributed by atoms with Crippen LogP contribution in [0.5, 0.6) is 0 Å². The van der Waals surface area contributed by atoms with Crippen LogP contribution in [-0.2, 0) is 9.59 Å². The molecule has 1 fully saturated rings. The fraction of sp³-hybridized carbons (Fsp3) is 0.846. The van der Waals surface area contributed by atoms with Gasteiger partial charge in [-0.25, -0.2) is 0 Å². The second-order valence-corrected chi connectivity index (χ2v) is 5.42. The number of carbonyl (C=O) groups is 2. The number of carboxylic acids is 1. The van der Waals surface area contributed by atoms with E-state index in [1.165, 1.54) is 0 Å². The minimum atomic E-state index is -0.763. The highest BCUT2D eigenvalue weighted by molar-refractivity contribution is 5.76. The van der Waals surface area contributed by atoms with Gasteiger partial charge in [0.2, 0.25) is 5.91 Å². The number of carboxylic acid groups (broad SMARTS) is 1. The van der Waals surface area contributed by atoms with E-state index in [0.29, 0.717) is 18.9 Å². The largest absolute Gasteiger partial charge is 0.481 e. The molecule has 4 heteroatoms. The first-order valence-corrected chi connectivity index (χ1v) is 6.46. The quantitative estimate of drug-likeness (QED) is 0.718. The number of hydrogen-bond acceptors (Lipinski definition) is 2. The van der Waals surface area contributed by atoms with E-state index >= 15 is 0 Å². The molecule has 0 bridgehead atoms. The molecule has 2 N–H and O–H groups in total. The lowest BCUT2D eigenvalue weighted by Gasteiger charge is -2.40. The Hall–Kier alpha value is -1.06. The molecule has 0 aromatic rings. The summed E-state index contributed by atoms with van der Waals surface area (Å²) < 4.78 is 0. The van der Waals surface area contributed by atoms with Gasteiger partial charge in [-0.3, -0.25) is 9.59 Å². The monoisotopic (exact) mass is 241 g/mol. The Morgan fingerprint density at radius 3 is 2.47 bits per heavy atom. The van der Waals surface area contributed by atoms with E-state index < -0.39 is 5.97 Å². The van der Waals surface area contributed by atoms with Crippen molar-refractivity contribution in [3.63, 3.8) is 0 Å². The van der Waals surface area contributed by atoms with Gasteiger partial charge in [-0.15, -0.1) is 0 Å². The zero-order chi connectivity index (χ0) is 12.9. The van der Waals surface area contributed by atoms with Crippen molar-refractivity contribution in [1.29, 1.82) is 0 Å². The average Bonchev–Trinajstić information content (AvgIpc) is 2.21. The van der Waals surface area contributed by atoms with Crippen LogP contribution in [0.3, 0.4) is 0 Å². The molecule has 1 amide bonds. The Bertz CT molecular complexity index is 284. The minimum absolute atomic E-state index is 0.0519. The summed E-state index contributed by atoms with van der Waals surface area (Å²) in [5.41, 5.74) is -0.170. The molecule has 4 nitrogen and oxygen atoms in total. The molecule has 1 unspecified atom stereocenters. The Morgan fingerprint density at radius 1 is 1.41 bits per heavy atom. The fourth-order valence-electron chi connectivity index (χ4n) is 2.23. The summed E-state index contributed by atoms with van der Waals surface area (Å²) in [6.07, 6.45) is 4.63. The van der Waals surface area contributed by atoms with E-state index in [9.17, 15) is 9.59 Å². The first-order chi connectivity index (χ1) is 7.97. The maximum Gasteiger partial charge on any atom is 0.303 e. The Kier molecular flexibility index (Phi) is 4.97. The average molecular weight is 241 g/mol. The fourth-order valence-corrected chi connectivity index (χ4v) is 2.23. The summed E-state index contributed by atoms with van der Waals surface area (Å²) in [6, 6.07) is 0. The lowest BCUT2D eigenvalue weighted by Crippen LogP contribution is -2.43. The Labute approximate surface area is 103 Å². The predicted octanol–water partition coefficient (Wildman–Crippen LogP) is 2.18. The van der Waals surface area contributed by atoms with Crippen LogP contribution in [0.15, 0.2) is 0 Å². The van der Waals surface area contributed by atoms with Crippen LogP contribution in [-0.4, -0.2) is 23.5 Å². The number of nitrogens with one attached hydrogen (secondary N) is 1. The maximum atomic E-state index is 11.6. The molecule has 0 saturated heterocycles. The number of hydrogen-bond donors (Lipinski definition) is 2. The number of aliphatic carboxylic acids is 1. The summed E-state index contributed by atoms with van der Waals surface area (Å²) >= 11 is 0. The van der Waals surface area contributed by atoms with Gasteiger partial charge in [-0.2, -0.15) is 0 Å². The van der Waals surface area contributed by atoms with Gasteiger partial charge in [-0.05, 0) is 24.2 Å². The molecular formula is C13H23NO3. The second kappa shape index (κ2) is 6.03. The van der Waals surface area contributed by atoms with Crippen LogP contribution >= 0.6 is 0 Å². The van der Waals surface area contributed by atoms with Crippen molar-refractivity contribution in [2.45, 2.75) is 52.4 Å². The van der Waals surface area contributed by atoms with Crippen molar-refractivity contribution in [2.24, 2.45) is 11.3 Å². The van der Waals surface area contributed by atoms with Crippen molar-refractivity contribution in [2.75, 3.05) is 6.54 Å². The molecule has 0 spiro atoms. The van der Waals surface area contributed by atoms with E-state index in [2.05, 4.69) is 19.2 Å². The maximum absolute atomic E-state index is 11.6. The van der Waals surface area contributed by atoms with Crippen LogP contribution in [0, 0.1) is 11.3 Å². The van der Waals surface area contributed by atoms with Crippen molar-refractivity contribution in [3.8, 4) is 0 Å². The highest BCUT2D eigenvalue weighted by atomic mass is 16.4. The highest BCUT2D eigenvalue weighted by Gasteiger charge is 2.39. The van der Waals surface area contributed by atoms with Gasteiger partial charge < -0.3 is 10.4 Å². The molecule has 1 aliphatic carbocycles. The lowest BCUT2D eigenvalue weighted by molar-refractivity contribution is -0.142. The number of amides is 1. The van der Waals surface area contributed by atoms with Gasteiger partial charge in [-0.1, -0.05) is 26.7 Å². The summed E-state index contributed by atoms with van der Waals surface area (Å²) in [6.45, 7) is 4.64. The third-order valence-electron chi connectivity index (χ3n) is 3.83. The van der Waals surface area contributed by atoms with E-state index in [1.807, 2.05) is 0 Å². The lowest BCUT2D eigenvalue weighted by atomic mass is 9.66. The number of rotatable bonds is 7. The third-order valence-corrected chi connectivity index (χ3v) is 3.83. The van der Waals surface area contributed by atoms with Gasteiger partial charge in [0.1, 0.15) is 0 Å². The minimum Gasteiger partial charge on any atom is -0.481 e. The summed E-state index contributed by atoms with van der Waals surface area (Å²) in [4.78, 5) is 22.4. The predicted molar refractivity (Wildman–Crippen MR) is 65.6 cm³/mol. The van der Waals surface area contributed by atoms with Gasteiger partial charge in [0, 0.05) is 13.0 Å². The van der Waals surface area contributed by atoms with Gasteiger partial charge >= 0.3 is 5.97 Å². The molecular weight excluding hydrogens is 218 g/mol. The summed E-state index contributed by atoms with van der Waals surface area (Å²) in [7, 11) is 0. The highest BCUT2D eigenvalue weighted by Crippen LogP contribution is 2.43. The van der Waals surface area contributed by atoms with E-state index in [-0.39, 0.29) is 17.7 Å². The van der Waals surface area contributed by atoms with E-state index in [4.69, 9.17) is 5.11 Å². The van der Waals surface area contributed by atoms with Crippen LogP contribution in [0.25, 0.3) is 0 Å². The second-order valence-electron chi connectivity index (χ2n) is 5.42. The Balaban J connectivity index is 2.32. The smallest absolute Gasteiger partial charge is 0.303 e. The normalized spacial score (nSPS) is 19.2. The van der Waals surface area contributed by atoms with E-state index in [0.717, 1.165) is 25.7 Å². The molecule has 1 aliphatic rings. The van der Waals surface area contributed by atoms with Crippen LogP contribution in [0.2, 0.25) is 0 Å². The van der Waals surface area contributed by atoms with Crippen molar-refractivity contribution < 1.29 is 14.7 Å². The zero-order valence-electron chi connectivity index (χ0n) is 10.8. The SMILES string of the molecule is CCC(C)CC(=O)NCC1(CC(=O)O)CCC1.